The van der Waals surface area contributed by atoms with Crippen molar-refractivity contribution in [2.45, 2.75) is 13.8 Å². The highest BCUT2D eigenvalue weighted by molar-refractivity contribution is 8.18. The van der Waals surface area contributed by atoms with Gasteiger partial charge < -0.3 is 19.6 Å². The highest BCUT2D eigenvalue weighted by Gasteiger charge is 2.36. The number of benzene rings is 2. The minimum Gasteiger partial charge on any atom is -0.545 e. The van der Waals surface area contributed by atoms with Crippen LogP contribution in [0, 0.1) is 13.8 Å². The van der Waals surface area contributed by atoms with E-state index >= 15 is 0 Å². The number of anilines is 1. The van der Waals surface area contributed by atoms with Crippen LogP contribution in [0.25, 0.3) is 17.4 Å². The molecule has 8 nitrogen and oxygen atoms in total. The lowest BCUT2D eigenvalue weighted by Crippen LogP contribution is -2.36. The Morgan fingerprint density at radius 3 is 2.56 bits per heavy atom. The molecule has 3 amide bonds. The maximum atomic E-state index is 12.7. The summed E-state index contributed by atoms with van der Waals surface area (Å²) in [5.41, 5.74) is 2.85. The van der Waals surface area contributed by atoms with Gasteiger partial charge in [-0.25, -0.2) is 0 Å². The Bertz CT molecular complexity index is 1360. The standard InChI is InChI=1S/C25H20N2O6S/c1-14-7-8-16(24(30)31)11-18(14)20-10-9-17(33-20)12-21-23(29)27(25(32)34-21)13-22(28)26-19-6-4-3-5-15(19)2/h3-12H,13H2,1-2H3,(H,26,28)(H,30,31)/p-1/b21-12+. The second kappa shape index (κ2) is 9.40. The normalized spacial score (nSPS) is 14.6. The average Bonchev–Trinajstić information content (AvgIpc) is 3.36. The van der Waals surface area contributed by atoms with E-state index in [9.17, 15) is 24.3 Å². The Balaban J connectivity index is 1.49. The van der Waals surface area contributed by atoms with Crippen molar-refractivity contribution < 1.29 is 28.7 Å². The van der Waals surface area contributed by atoms with E-state index in [1.54, 1.807) is 30.3 Å². The zero-order valence-corrected chi connectivity index (χ0v) is 19.1. The van der Waals surface area contributed by atoms with Crippen molar-refractivity contribution in [1.29, 1.82) is 0 Å². The summed E-state index contributed by atoms with van der Waals surface area (Å²) in [7, 11) is 0. The number of amides is 3. The van der Waals surface area contributed by atoms with Crippen molar-refractivity contribution >= 4 is 46.5 Å². The molecule has 1 aliphatic heterocycles. The van der Waals surface area contributed by atoms with Crippen LogP contribution in [0.3, 0.4) is 0 Å². The van der Waals surface area contributed by atoms with E-state index < -0.39 is 29.6 Å². The van der Waals surface area contributed by atoms with E-state index in [0.717, 1.165) is 16.0 Å². The molecule has 0 bridgehead atoms. The van der Waals surface area contributed by atoms with Gasteiger partial charge in [-0.3, -0.25) is 19.3 Å². The number of hydrogen-bond acceptors (Lipinski definition) is 7. The van der Waals surface area contributed by atoms with E-state index in [1.807, 2.05) is 26.0 Å². The number of nitrogens with zero attached hydrogens (tertiary/aromatic N) is 1. The molecule has 1 aliphatic rings. The number of furan rings is 1. The minimum atomic E-state index is -1.30. The molecule has 2 aromatic carbocycles. The predicted molar refractivity (Wildman–Crippen MR) is 126 cm³/mol. The summed E-state index contributed by atoms with van der Waals surface area (Å²) in [5.74, 6) is -1.66. The third-order valence-electron chi connectivity index (χ3n) is 5.23. The zero-order valence-electron chi connectivity index (χ0n) is 18.3. The summed E-state index contributed by atoms with van der Waals surface area (Å²) in [6.07, 6.45) is 1.42. The van der Waals surface area contributed by atoms with E-state index in [-0.39, 0.29) is 10.5 Å². The van der Waals surface area contributed by atoms with Gasteiger partial charge >= 0.3 is 0 Å². The Hall–Kier alpha value is -4.11. The molecule has 0 saturated carbocycles. The topological polar surface area (TPSA) is 120 Å². The third kappa shape index (κ3) is 4.79. The predicted octanol–water partition coefficient (Wildman–Crippen LogP) is 3.60. The van der Waals surface area contributed by atoms with E-state index in [1.165, 1.54) is 18.2 Å². The lowest BCUT2D eigenvalue weighted by atomic mass is 10.0. The maximum absolute atomic E-state index is 12.7. The number of aryl methyl sites for hydroxylation is 2. The Morgan fingerprint density at radius 1 is 1.06 bits per heavy atom. The number of carbonyl (C=O) groups is 4. The summed E-state index contributed by atoms with van der Waals surface area (Å²) in [4.78, 5) is 49.7. The molecule has 0 aliphatic carbocycles. The molecule has 34 heavy (non-hydrogen) atoms. The van der Waals surface area contributed by atoms with Gasteiger partial charge in [0.05, 0.1) is 10.9 Å². The molecule has 3 aromatic rings. The van der Waals surface area contributed by atoms with Crippen molar-refractivity contribution in [2.24, 2.45) is 0 Å². The molecule has 0 radical (unpaired) electrons. The quantitative estimate of drug-likeness (QED) is 0.541. The number of carboxylic acids is 1. The van der Waals surface area contributed by atoms with Crippen LogP contribution in [0.1, 0.15) is 27.2 Å². The van der Waals surface area contributed by atoms with Crippen molar-refractivity contribution in [3.63, 3.8) is 0 Å². The molecule has 172 valence electrons. The first-order valence-electron chi connectivity index (χ1n) is 10.3. The molecule has 9 heteroatoms. The monoisotopic (exact) mass is 475 g/mol. The van der Waals surface area contributed by atoms with Gasteiger partial charge in [0.2, 0.25) is 5.91 Å². The summed E-state index contributed by atoms with van der Waals surface area (Å²) >= 11 is 0.715. The number of carbonyl (C=O) groups excluding carboxylic acids is 4. The number of hydrogen-bond donors (Lipinski definition) is 1. The number of para-hydroxylation sites is 1. The fraction of sp³-hybridized carbons (Fsp3) is 0.120. The molecule has 0 atom stereocenters. The molecule has 4 rings (SSSR count). The second-order valence-electron chi connectivity index (χ2n) is 7.65. The fourth-order valence-electron chi connectivity index (χ4n) is 3.40. The van der Waals surface area contributed by atoms with Crippen molar-refractivity contribution in [3.8, 4) is 11.3 Å². The van der Waals surface area contributed by atoms with Crippen LogP contribution in [-0.2, 0) is 9.59 Å². The second-order valence-corrected chi connectivity index (χ2v) is 8.64. The van der Waals surface area contributed by atoms with Crippen molar-refractivity contribution in [3.05, 3.63) is 82.0 Å². The zero-order chi connectivity index (χ0) is 24.4. The Kier molecular flexibility index (Phi) is 6.38. The molecule has 1 N–H and O–H groups in total. The van der Waals surface area contributed by atoms with Crippen LogP contribution in [0.15, 0.2) is 63.9 Å². The highest BCUT2D eigenvalue weighted by Crippen LogP contribution is 2.34. The van der Waals surface area contributed by atoms with Crippen LogP contribution < -0.4 is 10.4 Å². The number of rotatable bonds is 6. The molecule has 1 saturated heterocycles. The third-order valence-corrected chi connectivity index (χ3v) is 6.14. The number of nitrogens with one attached hydrogen (secondary N) is 1. The first-order chi connectivity index (χ1) is 16.2. The van der Waals surface area contributed by atoms with Gasteiger partial charge in [-0.05, 0) is 66.6 Å². The van der Waals surface area contributed by atoms with Gasteiger partial charge in [-0.1, -0.05) is 30.3 Å². The number of thioether (sulfide) groups is 1. The number of aromatic carboxylic acids is 1. The van der Waals surface area contributed by atoms with Gasteiger partial charge in [-0.15, -0.1) is 0 Å². The fourth-order valence-corrected chi connectivity index (χ4v) is 4.22. The van der Waals surface area contributed by atoms with Crippen molar-refractivity contribution in [1.82, 2.24) is 4.90 Å². The minimum absolute atomic E-state index is 0.0173. The van der Waals surface area contributed by atoms with Crippen LogP contribution in [-0.4, -0.2) is 34.5 Å². The van der Waals surface area contributed by atoms with Gasteiger partial charge in [0.15, 0.2) is 0 Å². The van der Waals surface area contributed by atoms with Crippen LogP contribution in [0.4, 0.5) is 10.5 Å². The van der Waals surface area contributed by atoms with Crippen LogP contribution >= 0.6 is 11.8 Å². The van der Waals surface area contributed by atoms with Gasteiger partial charge in [0, 0.05) is 17.3 Å². The van der Waals surface area contributed by atoms with Gasteiger partial charge in [-0.2, -0.15) is 0 Å². The molecule has 1 fully saturated rings. The largest absolute Gasteiger partial charge is 0.545 e. The maximum Gasteiger partial charge on any atom is 0.294 e. The molecule has 0 unspecified atom stereocenters. The molecular formula is C25H19N2O6S-. The van der Waals surface area contributed by atoms with Gasteiger partial charge in [0.25, 0.3) is 11.1 Å². The van der Waals surface area contributed by atoms with E-state index in [0.29, 0.717) is 34.5 Å². The SMILES string of the molecule is Cc1ccccc1NC(=O)CN1C(=O)S/C(=C/c2ccc(-c3cc(C(=O)[O-])ccc3C)o2)C1=O. The Labute approximate surface area is 199 Å². The summed E-state index contributed by atoms with van der Waals surface area (Å²) in [6, 6.07) is 15.0. The molecule has 2 heterocycles. The van der Waals surface area contributed by atoms with E-state index in [2.05, 4.69) is 5.32 Å². The highest BCUT2D eigenvalue weighted by atomic mass is 32.2. The summed E-state index contributed by atoms with van der Waals surface area (Å²) < 4.78 is 5.77. The molecular weight excluding hydrogens is 456 g/mol. The van der Waals surface area contributed by atoms with Crippen LogP contribution in [0.5, 0.6) is 0 Å². The molecule has 0 spiro atoms. The number of imide groups is 1. The van der Waals surface area contributed by atoms with E-state index in [4.69, 9.17) is 4.42 Å². The molecule has 1 aromatic heterocycles. The summed E-state index contributed by atoms with van der Waals surface area (Å²) in [6.45, 7) is 3.24. The smallest absolute Gasteiger partial charge is 0.294 e. The lowest BCUT2D eigenvalue weighted by Gasteiger charge is -2.13. The lowest BCUT2D eigenvalue weighted by molar-refractivity contribution is -0.255. The first-order valence-corrected chi connectivity index (χ1v) is 11.1. The van der Waals surface area contributed by atoms with Crippen LogP contribution in [0.2, 0.25) is 0 Å². The average molecular weight is 476 g/mol. The number of carboxylic acid groups (broad SMARTS) is 1. The van der Waals surface area contributed by atoms with Gasteiger partial charge in [0.1, 0.15) is 18.1 Å². The van der Waals surface area contributed by atoms with Crippen molar-refractivity contribution in [2.75, 3.05) is 11.9 Å². The summed E-state index contributed by atoms with van der Waals surface area (Å²) in [5, 5.41) is 13.3. The first kappa shape index (κ1) is 23.1. The Morgan fingerprint density at radius 2 is 1.82 bits per heavy atom.